The molecule has 0 unspecified atom stereocenters. The molecule has 1 N–H and O–H groups in total. The molecule has 0 spiro atoms. The van der Waals surface area contributed by atoms with Gasteiger partial charge in [0.2, 0.25) is 0 Å². The predicted molar refractivity (Wildman–Crippen MR) is 66.7 cm³/mol. The van der Waals surface area contributed by atoms with Crippen molar-refractivity contribution in [1.29, 1.82) is 5.26 Å². The fraction of sp³-hybridized carbons (Fsp3) is 0.500. The Morgan fingerprint density at radius 1 is 1.33 bits per heavy atom. The Balaban J connectivity index is 2.29. The van der Waals surface area contributed by atoms with E-state index in [0.717, 1.165) is 18.9 Å². The summed E-state index contributed by atoms with van der Waals surface area (Å²) in [5.74, 6) is -1.09. The molecule has 4 heteroatoms. The van der Waals surface area contributed by atoms with Crippen LogP contribution in [0.1, 0.15) is 32.3 Å². The number of nitrogens with one attached hydrogen (secondary N) is 1. The smallest absolute Gasteiger partial charge is 0.130 e. The van der Waals surface area contributed by atoms with Crippen molar-refractivity contribution in [2.45, 2.75) is 33.2 Å². The van der Waals surface area contributed by atoms with Crippen LogP contribution >= 0.6 is 0 Å². The van der Waals surface area contributed by atoms with Crippen LogP contribution in [0.15, 0.2) is 18.2 Å². The summed E-state index contributed by atoms with van der Waals surface area (Å²) in [6.45, 7) is 4.88. The van der Waals surface area contributed by atoms with Crippen LogP contribution in [0.3, 0.4) is 0 Å². The highest BCUT2D eigenvalue weighted by molar-refractivity contribution is 5.18. The van der Waals surface area contributed by atoms with Crippen molar-refractivity contribution >= 4 is 0 Å². The monoisotopic (exact) mass is 252 g/mol. The zero-order valence-corrected chi connectivity index (χ0v) is 10.8. The summed E-state index contributed by atoms with van der Waals surface area (Å²) in [7, 11) is 0. The van der Waals surface area contributed by atoms with E-state index in [9.17, 15) is 8.78 Å². The molecular formula is C14H18F2N2. The van der Waals surface area contributed by atoms with Gasteiger partial charge < -0.3 is 5.32 Å². The van der Waals surface area contributed by atoms with E-state index in [1.807, 2.05) is 13.8 Å². The van der Waals surface area contributed by atoms with E-state index in [1.165, 1.54) is 12.1 Å². The molecule has 0 atom stereocenters. The largest absolute Gasteiger partial charge is 0.313 e. The van der Waals surface area contributed by atoms with Gasteiger partial charge in [0.15, 0.2) is 0 Å². The second kappa shape index (κ2) is 6.46. The topological polar surface area (TPSA) is 35.8 Å². The third kappa shape index (κ3) is 4.80. The van der Waals surface area contributed by atoms with Crippen molar-refractivity contribution in [1.82, 2.24) is 5.32 Å². The molecule has 0 saturated heterocycles. The first-order valence-electron chi connectivity index (χ1n) is 6.00. The average molecular weight is 252 g/mol. The van der Waals surface area contributed by atoms with Gasteiger partial charge in [-0.1, -0.05) is 6.07 Å². The van der Waals surface area contributed by atoms with Crippen LogP contribution in [0, 0.1) is 28.4 Å². The zero-order chi connectivity index (χ0) is 13.6. The van der Waals surface area contributed by atoms with Crippen LogP contribution in [0.25, 0.3) is 0 Å². The molecule has 0 radical (unpaired) electrons. The van der Waals surface area contributed by atoms with Crippen LogP contribution in [0.5, 0.6) is 0 Å². The molecule has 2 nitrogen and oxygen atoms in total. The van der Waals surface area contributed by atoms with Gasteiger partial charge in [-0.05, 0) is 39.3 Å². The van der Waals surface area contributed by atoms with Gasteiger partial charge in [-0.2, -0.15) is 5.26 Å². The minimum absolute atomic E-state index is 0.317. The standard InChI is InChI=1S/C14H18F2N2/c1-14(2,10-17)6-3-7-18-9-11-4-5-12(15)8-13(11)16/h4-5,8,18H,3,6-7,9H2,1-2H3. The maximum Gasteiger partial charge on any atom is 0.130 e. The second-order valence-corrected chi connectivity index (χ2v) is 5.01. The first kappa shape index (κ1) is 14.6. The van der Waals surface area contributed by atoms with Gasteiger partial charge >= 0.3 is 0 Å². The molecule has 0 aliphatic carbocycles. The van der Waals surface area contributed by atoms with E-state index >= 15 is 0 Å². The molecule has 0 fully saturated rings. The molecule has 0 amide bonds. The van der Waals surface area contributed by atoms with E-state index in [-0.39, 0.29) is 5.41 Å². The molecule has 0 saturated carbocycles. The lowest BCUT2D eigenvalue weighted by Crippen LogP contribution is -2.18. The maximum absolute atomic E-state index is 13.3. The van der Waals surface area contributed by atoms with Crippen LogP contribution in [0.4, 0.5) is 8.78 Å². The number of halogens is 2. The van der Waals surface area contributed by atoms with E-state index in [4.69, 9.17) is 5.26 Å². The van der Waals surface area contributed by atoms with Crippen molar-refractivity contribution in [2.75, 3.05) is 6.54 Å². The summed E-state index contributed by atoms with van der Waals surface area (Å²) in [4.78, 5) is 0. The van der Waals surface area contributed by atoms with Gasteiger partial charge in [-0.15, -0.1) is 0 Å². The number of rotatable bonds is 6. The first-order valence-corrected chi connectivity index (χ1v) is 6.00. The Kier molecular flexibility index (Phi) is 5.24. The maximum atomic E-state index is 13.3. The molecule has 0 aliphatic rings. The molecule has 1 rings (SSSR count). The van der Waals surface area contributed by atoms with Gasteiger partial charge in [-0.25, -0.2) is 8.78 Å². The third-order valence-electron chi connectivity index (χ3n) is 2.79. The lowest BCUT2D eigenvalue weighted by molar-refractivity contribution is 0.425. The zero-order valence-electron chi connectivity index (χ0n) is 10.8. The van der Waals surface area contributed by atoms with Gasteiger partial charge in [-0.3, -0.25) is 0 Å². The normalized spacial score (nSPS) is 11.3. The highest BCUT2D eigenvalue weighted by atomic mass is 19.1. The van der Waals surface area contributed by atoms with Crippen LogP contribution in [0.2, 0.25) is 0 Å². The fourth-order valence-electron chi connectivity index (χ4n) is 1.60. The Hall–Kier alpha value is -1.47. The van der Waals surface area contributed by atoms with Crippen LogP contribution in [-0.4, -0.2) is 6.54 Å². The summed E-state index contributed by atoms with van der Waals surface area (Å²) in [5.41, 5.74) is 0.138. The van der Waals surface area contributed by atoms with E-state index in [2.05, 4.69) is 11.4 Å². The van der Waals surface area contributed by atoms with Gasteiger partial charge in [0, 0.05) is 18.2 Å². The highest BCUT2D eigenvalue weighted by Crippen LogP contribution is 2.20. The molecule has 1 aromatic carbocycles. The van der Waals surface area contributed by atoms with E-state index in [1.54, 1.807) is 0 Å². The van der Waals surface area contributed by atoms with Crippen LogP contribution in [-0.2, 0) is 6.54 Å². The Bertz CT molecular complexity index is 436. The predicted octanol–water partition coefficient (Wildman–Crippen LogP) is 3.38. The number of nitriles is 1. The quantitative estimate of drug-likeness (QED) is 0.788. The lowest BCUT2D eigenvalue weighted by atomic mass is 9.90. The fourth-order valence-corrected chi connectivity index (χ4v) is 1.60. The molecular weight excluding hydrogens is 234 g/mol. The second-order valence-electron chi connectivity index (χ2n) is 5.01. The molecule has 1 aromatic rings. The number of hydrogen-bond donors (Lipinski definition) is 1. The van der Waals surface area contributed by atoms with Crippen molar-refractivity contribution in [3.63, 3.8) is 0 Å². The summed E-state index contributed by atoms with van der Waals surface area (Å²) >= 11 is 0. The molecule has 18 heavy (non-hydrogen) atoms. The van der Waals surface area contributed by atoms with Gasteiger partial charge in [0.25, 0.3) is 0 Å². The van der Waals surface area contributed by atoms with Gasteiger partial charge in [0.1, 0.15) is 11.6 Å². The number of hydrogen-bond acceptors (Lipinski definition) is 2. The Morgan fingerprint density at radius 2 is 2.06 bits per heavy atom. The van der Waals surface area contributed by atoms with E-state index < -0.39 is 11.6 Å². The summed E-state index contributed by atoms with van der Waals surface area (Å²) in [5, 5.41) is 11.9. The summed E-state index contributed by atoms with van der Waals surface area (Å²) < 4.78 is 26.0. The third-order valence-corrected chi connectivity index (χ3v) is 2.79. The Labute approximate surface area is 107 Å². The minimum Gasteiger partial charge on any atom is -0.313 e. The van der Waals surface area contributed by atoms with Crippen molar-refractivity contribution < 1.29 is 8.78 Å². The molecule has 0 aliphatic heterocycles. The van der Waals surface area contributed by atoms with E-state index in [0.29, 0.717) is 18.7 Å². The molecule has 0 bridgehead atoms. The van der Waals surface area contributed by atoms with Crippen molar-refractivity contribution in [3.8, 4) is 6.07 Å². The first-order chi connectivity index (χ1) is 8.44. The minimum atomic E-state index is -0.563. The van der Waals surface area contributed by atoms with Gasteiger partial charge in [0.05, 0.1) is 11.5 Å². The highest BCUT2D eigenvalue weighted by Gasteiger charge is 2.15. The summed E-state index contributed by atoms with van der Waals surface area (Å²) in [6, 6.07) is 5.81. The van der Waals surface area contributed by atoms with Crippen LogP contribution < -0.4 is 5.32 Å². The molecule has 98 valence electrons. The SMILES string of the molecule is CC(C)(C#N)CCCNCc1ccc(F)cc1F. The van der Waals surface area contributed by atoms with Crippen molar-refractivity contribution in [2.24, 2.45) is 5.41 Å². The Morgan fingerprint density at radius 3 is 2.67 bits per heavy atom. The van der Waals surface area contributed by atoms with Crippen molar-refractivity contribution in [3.05, 3.63) is 35.4 Å². The molecule has 0 heterocycles. The number of nitrogens with zero attached hydrogens (tertiary/aromatic N) is 1. The lowest BCUT2D eigenvalue weighted by Gasteiger charge is -2.14. The molecule has 0 aromatic heterocycles. The summed E-state index contributed by atoms with van der Waals surface area (Å²) in [6.07, 6.45) is 1.64. The number of benzene rings is 1. The average Bonchev–Trinajstić information content (AvgIpc) is 2.31.